The Morgan fingerprint density at radius 2 is 1.77 bits per heavy atom. The van der Waals surface area contributed by atoms with Crippen LogP contribution >= 0.6 is 0 Å². The monoisotopic (exact) mass is 536 g/mol. The molecule has 8 heteroatoms. The highest BCUT2D eigenvalue weighted by Gasteiger charge is 2.55. The average Bonchev–Trinajstić information content (AvgIpc) is 3.39. The maximum Gasteiger partial charge on any atom is 0.269 e. The van der Waals surface area contributed by atoms with Crippen molar-refractivity contribution in [2.75, 3.05) is 4.90 Å². The largest absolute Gasteiger partial charge is 0.375 e. The van der Waals surface area contributed by atoms with Crippen molar-refractivity contribution in [3.8, 4) is 0 Å². The van der Waals surface area contributed by atoms with Crippen LogP contribution in [0.15, 0.2) is 79.2 Å². The van der Waals surface area contributed by atoms with Crippen molar-refractivity contribution in [3.05, 3.63) is 96.0 Å². The Morgan fingerprint density at radius 3 is 2.52 bits per heavy atom. The van der Waals surface area contributed by atoms with Gasteiger partial charge in [0.25, 0.3) is 17.7 Å². The molecule has 8 nitrogen and oxygen atoms in total. The van der Waals surface area contributed by atoms with Crippen LogP contribution in [-0.2, 0) is 25.4 Å². The van der Waals surface area contributed by atoms with Crippen LogP contribution < -0.4 is 10.2 Å². The molecule has 0 aliphatic carbocycles. The van der Waals surface area contributed by atoms with Crippen molar-refractivity contribution in [2.45, 2.75) is 56.7 Å². The lowest BCUT2D eigenvalue weighted by Gasteiger charge is -2.37. The van der Waals surface area contributed by atoms with Crippen LogP contribution in [0.4, 0.5) is 5.69 Å². The number of H-pyrrole nitrogens is 1. The number of aromatic nitrogens is 1. The normalized spacial score (nSPS) is 25.8. The fourth-order valence-corrected chi connectivity index (χ4v) is 6.00. The van der Waals surface area contributed by atoms with Gasteiger partial charge in [-0.25, -0.2) is 0 Å². The zero-order valence-corrected chi connectivity index (χ0v) is 23.0. The molecule has 1 fully saturated rings. The van der Waals surface area contributed by atoms with Gasteiger partial charge < -0.3 is 20.3 Å². The summed E-state index contributed by atoms with van der Waals surface area (Å²) in [6.07, 6.45) is 6.58. The lowest BCUT2D eigenvalue weighted by molar-refractivity contribution is -0.145. The number of amides is 3. The van der Waals surface area contributed by atoms with Crippen LogP contribution in [0.1, 0.15) is 50.9 Å². The van der Waals surface area contributed by atoms with Crippen molar-refractivity contribution in [3.63, 3.8) is 0 Å². The van der Waals surface area contributed by atoms with Crippen LogP contribution in [0.5, 0.6) is 0 Å². The van der Waals surface area contributed by atoms with Gasteiger partial charge in [-0.2, -0.15) is 0 Å². The molecule has 3 amide bonds. The first-order chi connectivity index (χ1) is 18.9. The molecule has 0 unspecified atom stereocenters. The summed E-state index contributed by atoms with van der Waals surface area (Å²) in [7, 11) is 0. The summed E-state index contributed by atoms with van der Waals surface area (Å²) in [5.41, 5.74) is 0.560. The number of aromatic amines is 1. The molecule has 6 rings (SSSR count). The van der Waals surface area contributed by atoms with Gasteiger partial charge >= 0.3 is 0 Å². The highest BCUT2D eigenvalue weighted by molar-refractivity contribution is 6.11. The van der Waals surface area contributed by atoms with E-state index in [-0.39, 0.29) is 12.1 Å². The summed E-state index contributed by atoms with van der Waals surface area (Å²) >= 11 is 0. The molecule has 204 valence electrons. The summed E-state index contributed by atoms with van der Waals surface area (Å²) in [5.74, 6) is -1.45. The third kappa shape index (κ3) is 3.59. The second-order valence-electron chi connectivity index (χ2n) is 11.8. The Bertz CT molecular complexity index is 1680. The molecule has 3 aliphatic heterocycles. The SMILES string of the molecule is C=CC(C)(C)N1C(=O)[C@](O)(C[C@H]2NC(=O)/C3=C/c4c([nH]c5ccccc45)C(C)(C)/C=C\N3C2=O)c2ccccc21. The van der Waals surface area contributed by atoms with Crippen molar-refractivity contribution in [1.29, 1.82) is 0 Å². The predicted octanol–water partition coefficient (Wildman–Crippen LogP) is 4.23. The Morgan fingerprint density at radius 1 is 1.07 bits per heavy atom. The number of carbonyl (C=O) groups excluding carboxylic acids is 3. The maximum atomic E-state index is 13.9. The second kappa shape index (κ2) is 8.53. The van der Waals surface area contributed by atoms with Gasteiger partial charge in [0.1, 0.15) is 11.7 Å². The number of benzene rings is 2. The topological polar surface area (TPSA) is 106 Å². The van der Waals surface area contributed by atoms with Gasteiger partial charge in [0, 0.05) is 45.8 Å². The van der Waals surface area contributed by atoms with Crippen LogP contribution in [0, 0.1) is 0 Å². The highest BCUT2D eigenvalue weighted by atomic mass is 16.3. The van der Waals surface area contributed by atoms with E-state index in [1.165, 1.54) is 9.80 Å². The van der Waals surface area contributed by atoms with E-state index in [4.69, 9.17) is 0 Å². The molecule has 1 saturated heterocycles. The molecule has 0 radical (unpaired) electrons. The van der Waals surface area contributed by atoms with Crippen LogP contribution in [-0.4, -0.2) is 44.3 Å². The molecule has 1 aromatic heterocycles. The average molecular weight is 537 g/mol. The third-order valence-corrected chi connectivity index (χ3v) is 8.37. The molecular weight excluding hydrogens is 504 g/mol. The van der Waals surface area contributed by atoms with Gasteiger partial charge in [-0.3, -0.25) is 19.3 Å². The minimum atomic E-state index is -2.01. The van der Waals surface area contributed by atoms with Gasteiger partial charge in [-0.1, -0.05) is 62.4 Å². The van der Waals surface area contributed by atoms with Gasteiger partial charge in [-0.05, 0) is 32.1 Å². The van der Waals surface area contributed by atoms with Crippen molar-refractivity contribution >= 4 is 40.4 Å². The molecule has 3 aliphatic rings. The lowest BCUT2D eigenvalue weighted by Crippen LogP contribution is -2.58. The number of nitrogens with one attached hydrogen (secondary N) is 2. The Hall–Kier alpha value is -4.43. The first-order valence-electron chi connectivity index (χ1n) is 13.4. The molecule has 3 aromatic rings. The van der Waals surface area contributed by atoms with Crippen LogP contribution in [0.3, 0.4) is 0 Å². The van der Waals surface area contributed by atoms with E-state index >= 15 is 0 Å². The Labute approximate surface area is 232 Å². The Balaban J connectivity index is 1.41. The first kappa shape index (κ1) is 25.8. The molecule has 0 spiro atoms. The number of allylic oxidation sites excluding steroid dienone is 1. The zero-order valence-electron chi connectivity index (χ0n) is 23.0. The van der Waals surface area contributed by atoms with Crippen molar-refractivity contribution < 1.29 is 19.5 Å². The van der Waals surface area contributed by atoms with Gasteiger partial charge in [0.2, 0.25) is 0 Å². The van der Waals surface area contributed by atoms with Crippen LogP contribution in [0.2, 0.25) is 0 Å². The smallest absolute Gasteiger partial charge is 0.269 e. The van der Waals surface area contributed by atoms with E-state index in [2.05, 4.69) is 16.9 Å². The number of hydrogen-bond donors (Lipinski definition) is 3. The molecule has 2 atom stereocenters. The summed E-state index contributed by atoms with van der Waals surface area (Å²) < 4.78 is 0. The molecule has 4 heterocycles. The molecule has 3 N–H and O–H groups in total. The zero-order chi connectivity index (χ0) is 28.6. The number of carbonyl (C=O) groups is 3. The lowest BCUT2D eigenvalue weighted by atomic mass is 9.84. The molecular formula is C32H32N4O4. The highest BCUT2D eigenvalue weighted by Crippen LogP contribution is 2.47. The Kier molecular flexibility index (Phi) is 5.51. The molecule has 2 aromatic carbocycles. The third-order valence-electron chi connectivity index (χ3n) is 8.37. The van der Waals surface area contributed by atoms with Crippen molar-refractivity contribution in [2.24, 2.45) is 0 Å². The van der Waals surface area contributed by atoms with Crippen molar-refractivity contribution in [1.82, 2.24) is 15.2 Å². The number of aliphatic hydroxyl groups is 1. The van der Waals surface area contributed by atoms with Crippen LogP contribution in [0.25, 0.3) is 17.0 Å². The second-order valence-corrected chi connectivity index (χ2v) is 11.8. The summed E-state index contributed by atoms with van der Waals surface area (Å²) in [4.78, 5) is 47.6. The number of anilines is 1. The quantitative estimate of drug-likeness (QED) is 0.434. The van der Waals surface area contributed by atoms with E-state index in [0.717, 1.165) is 22.2 Å². The fraction of sp³-hybridized carbons (Fsp3) is 0.281. The summed E-state index contributed by atoms with van der Waals surface area (Å²) in [5, 5.41) is 15.6. The van der Waals surface area contributed by atoms with E-state index in [9.17, 15) is 19.5 Å². The summed E-state index contributed by atoms with van der Waals surface area (Å²) in [6.45, 7) is 11.6. The fourth-order valence-electron chi connectivity index (χ4n) is 6.00. The molecule has 0 saturated carbocycles. The maximum absolute atomic E-state index is 13.9. The molecule has 40 heavy (non-hydrogen) atoms. The molecule has 0 bridgehead atoms. The number of piperazine rings is 1. The van der Waals surface area contributed by atoms with E-state index in [0.29, 0.717) is 11.3 Å². The number of fused-ring (bicyclic) bond motifs is 5. The van der Waals surface area contributed by atoms with Gasteiger partial charge in [0.15, 0.2) is 5.60 Å². The standard InChI is InChI=1S/C32H32N4O4/c1-6-31(4,5)36-24-14-10-8-12-21(24)32(40,29(36)39)18-23-28(38)35-16-15-30(2,3)26-20(17-25(35)27(37)34-23)19-11-7-9-13-22(19)33-26/h6-17,23,33,40H,1,18H2,2-5H3,(H,34,37)/b16-15-,25-17-/t23-,32+/m1/s1. The van der Waals surface area contributed by atoms with E-state index in [1.807, 2.05) is 58.0 Å². The minimum absolute atomic E-state index is 0.179. The number of rotatable bonds is 4. The first-order valence-corrected chi connectivity index (χ1v) is 13.4. The number of nitrogens with zero attached hydrogens (tertiary/aromatic N) is 2. The van der Waals surface area contributed by atoms with Gasteiger partial charge in [0.05, 0.1) is 11.2 Å². The minimum Gasteiger partial charge on any atom is -0.375 e. The van der Waals surface area contributed by atoms with E-state index in [1.54, 1.807) is 42.6 Å². The van der Waals surface area contributed by atoms with E-state index < -0.39 is 40.3 Å². The number of para-hydroxylation sites is 2. The number of hydrogen-bond acceptors (Lipinski definition) is 4. The predicted molar refractivity (Wildman–Crippen MR) is 154 cm³/mol. The van der Waals surface area contributed by atoms with Gasteiger partial charge in [-0.15, -0.1) is 6.58 Å². The summed E-state index contributed by atoms with van der Waals surface area (Å²) in [6, 6.07) is 13.7.